The largest absolute Gasteiger partial charge is 0.444 e. The molecule has 0 spiro atoms. The van der Waals surface area contributed by atoms with Gasteiger partial charge in [0.2, 0.25) is 0 Å². The first kappa shape index (κ1) is 18.1. The fourth-order valence-corrected chi connectivity index (χ4v) is 3.81. The van der Waals surface area contributed by atoms with E-state index in [1.54, 1.807) is 6.33 Å². The molecule has 6 heteroatoms. The highest BCUT2D eigenvalue weighted by Gasteiger charge is 2.27. The maximum Gasteiger partial charge on any atom is 0.410 e. The lowest BCUT2D eigenvalue weighted by Gasteiger charge is -2.33. The molecule has 1 amide bonds. The van der Waals surface area contributed by atoms with E-state index >= 15 is 0 Å². The van der Waals surface area contributed by atoms with Crippen molar-refractivity contribution in [2.75, 3.05) is 13.1 Å². The quantitative estimate of drug-likeness (QED) is 0.682. The summed E-state index contributed by atoms with van der Waals surface area (Å²) in [5.41, 5.74) is 2.76. The Morgan fingerprint density at radius 3 is 2.56 bits per heavy atom. The number of nitrogens with zero attached hydrogens (tertiary/aromatic N) is 3. The Kier molecular flexibility index (Phi) is 5.00. The molecule has 1 aromatic carbocycles. The second-order valence-corrected chi connectivity index (χ2v) is 8.45. The average molecular weight is 406 g/mol. The number of carbonyl (C=O) groups is 1. The van der Waals surface area contributed by atoms with Crippen molar-refractivity contribution in [2.24, 2.45) is 0 Å². The Balaban J connectivity index is 1.74. The zero-order chi connectivity index (χ0) is 18.2. The Morgan fingerprint density at radius 2 is 1.92 bits per heavy atom. The summed E-state index contributed by atoms with van der Waals surface area (Å²) in [6.45, 7) is 9.14. The first-order chi connectivity index (χ1) is 11.7. The third-order valence-corrected chi connectivity index (χ3v) is 5.14. The van der Waals surface area contributed by atoms with Crippen molar-refractivity contribution < 1.29 is 9.53 Å². The van der Waals surface area contributed by atoms with Crippen LogP contribution in [0.2, 0.25) is 0 Å². The molecule has 0 saturated carbocycles. The fraction of sp³-hybridized carbons (Fsp3) is 0.526. The fourth-order valence-electron chi connectivity index (χ4n) is 3.23. The first-order valence-electron chi connectivity index (χ1n) is 8.63. The average Bonchev–Trinajstić information content (AvgIpc) is 2.54. The van der Waals surface area contributed by atoms with E-state index in [1.165, 1.54) is 5.56 Å². The van der Waals surface area contributed by atoms with Crippen molar-refractivity contribution >= 4 is 32.9 Å². The van der Waals surface area contributed by atoms with E-state index < -0.39 is 5.60 Å². The van der Waals surface area contributed by atoms with Crippen molar-refractivity contribution in [2.45, 2.75) is 52.1 Å². The molecule has 0 radical (unpaired) electrons. The number of hydrogen-bond donors (Lipinski definition) is 0. The van der Waals surface area contributed by atoms with Gasteiger partial charge in [0.25, 0.3) is 0 Å². The molecule has 0 unspecified atom stereocenters. The number of fused-ring (bicyclic) bond motifs is 1. The summed E-state index contributed by atoms with van der Waals surface area (Å²) in [4.78, 5) is 22.7. The molecule has 3 rings (SSSR count). The lowest BCUT2D eigenvalue weighted by atomic mass is 9.88. The summed E-state index contributed by atoms with van der Waals surface area (Å²) in [5.74, 6) is 0.430. The van der Waals surface area contributed by atoms with Gasteiger partial charge in [-0.2, -0.15) is 0 Å². The normalized spacial score (nSPS) is 16.3. The van der Waals surface area contributed by atoms with Crippen LogP contribution in [-0.4, -0.2) is 39.7 Å². The number of rotatable bonds is 1. The third kappa shape index (κ3) is 4.11. The van der Waals surface area contributed by atoms with E-state index in [9.17, 15) is 4.79 Å². The van der Waals surface area contributed by atoms with Crippen molar-refractivity contribution in [3.63, 3.8) is 0 Å². The molecule has 0 bridgehead atoms. The Morgan fingerprint density at radius 1 is 1.24 bits per heavy atom. The molecule has 134 valence electrons. The van der Waals surface area contributed by atoms with Crippen LogP contribution in [0.5, 0.6) is 0 Å². The van der Waals surface area contributed by atoms with Gasteiger partial charge < -0.3 is 9.64 Å². The second kappa shape index (κ2) is 6.90. The number of aromatic nitrogens is 2. The number of ether oxygens (including phenoxy) is 1. The third-order valence-electron chi connectivity index (χ3n) is 4.53. The van der Waals surface area contributed by atoms with Crippen molar-refractivity contribution in [1.82, 2.24) is 14.9 Å². The zero-order valence-electron chi connectivity index (χ0n) is 15.2. The van der Waals surface area contributed by atoms with Crippen LogP contribution in [0.25, 0.3) is 10.9 Å². The highest BCUT2D eigenvalue weighted by atomic mass is 79.9. The van der Waals surface area contributed by atoms with Gasteiger partial charge in [-0.05, 0) is 80.1 Å². The maximum absolute atomic E-state index is 12.2. The van der Waals surface area contributed by atoms with E-state index in [0.29, 0.717) is 5.92 Å². The number of hydrogen-bond acceptors (Lipinski definition) is 4. The predicted octanol–water partition coefficient (Wildman–Crippen LogP) is 4.82. The van der Waals surface area contributed by atoms with Gasteiger partial charge in [0.05, 0.1) is 5.52 Å². The van der Waals surface area contributed by atoms with Gasteiger partial charge in [-0.1, -0.05) is 0 Å². The van der Waals surface area contributed by atoms with Gasteiger partial charge in [0.15, 0.2) is 0 Å². The first-order valence-corrected chi connectivity index (χ1v) is 9.42. The van der Waals surface area contributed by atoms with Gasteiger partial charge in [-0.15, -0.1) is 0 Å². The van der Waals surface area contributed by atoms with E-state index in [4.69, 9.17) is 4.74 Å². The van der Waals surface area contributed by atoms with Crippen molar-refractivity contribution in [1.29, 1.82) is 0 Å². The molecule has 2 heterocycles. The zero-order valence-corrected chi connectivity index (χ0v) is 16.8. The summed E-state index contributed by atoms with van der Waals surface area (Å²) in [5, 5.41) is 1.08. The molecule has 1 saturated heterocycles. The van der Waals surface area contributed by atoms with Gasteiger partial charge in [-0.3, -0.25) is 0 Å². The van der Waals surface area contributed by atoms with Crippen LogP contribution in [0, 0.1) is 6.92 Å². The van der Waals surface area contributed by atoms with Crippen LogP contribution < -0.4 is 0 Å². The molecule has 0 atom stereocenters. The predicted molar refractivity (Wildman–Crippen MR) is 102 cm³/mol. The highest BCUT2D eigenvalue weighted by Crippen LogP contribution is 2.34. The lowest BCUT2D eigenvalue weighted by molar-refractivity contribution is 0.0205. The second-order valence-electron chi connectivity index (χ2n) is 7.60. The monoisotopic (exact) mass is 405 g/mol. The number of carbonyl (C=O) groups excluding carboxylic acids is 1. The van der Waals surface area contributed by atoms with E-state index in [0.717, 1.165) is 47.0 Å². The molecule has 0 aliphatic carbocycles. The number of piperidine rings is 1. The van der Waals surface area contributed by atoms with Gasteiger partial charge in [0.1, 0.15) is 11.9 Å². The van der Waals surface area contributed by atoms with E-state index in [1.807, 2.05) is 32.6 Å². The molecular formula is C19H24BrN3O2. The number of halogens is 1. The van der Waals surface area contributed by atoms with Gasteiger partial charge in [-0.25, -0.2) is 14.8 Å². The SMILES string of the molecule is Cc1ncnc2c(Br)cc(C3CCN(C(=O)OC(C)(C)C)CC3)cc12. The summed E-state index contributed by atoms with van der Waals surface area (Å²) in [6, 6.07) is 4.35. The number of likely N-dealkylation sites (tertiary alicyclic amines) is 1. The highest BCUT2D eigenvalue weighted by molar-refractivity contribution is 9.10. The molecule has 25 heavy (non-hydrogen) atoms. The maximum atomic E-state index is 12.2. The molecule has 5 nitrogen and oxygen atoms in total. The summed E-state index contributed by atoms with van der Waals surface area (Å²) in [6.07, 6.45) is 3.25. The van der Waals surface area contributed by atoms with Crippen LogP contribution >= 0.6 is 15.9 Å². The molecule has 1 aromatic heterocycles. The Bertz CT molecular complexity index is 793. The standard InChI is InChI=1S/C19H24BrN3O2/c1-12-15-9-14(10-16(20)17(15)22-11-21-12)13-5-7-23(8-6-13)18(24)25-19(2,3)4/h9-11,13H,5-8H2,1-4H3. The number of aryl methyl sites for hydroxylation is 1. The summed E-state index contributed by atoms with van der Waals surface area (Å²) in [7, 11) is 0. The van der Waals surface area contributed by atoms with Crippen LogP contribution in [0.1, 0.15) is 50.8 Å². The van der Waals surface area contributed by atoms with Crippen LogP contribution in [0.4, 0.5) is 4.79 Å². The molecule has 1 aliphatic heterocycles. The van der Waals surface area contributed by atoms with Crippen LogP contribution in [0.3, 0.4) is 0 Å². The molecule has 1 fully saturated rings. The minimum absolute atomic E-state index is 0.213. The van der Waals surface area contributed by atoms with Crippen LogP contribution in [-0.2, 0) is 4.74 Å². The van der Waals surface area contributed by atoms with Crippen molar-refractivity contribution in [3.05, 3.63) is 34.2 Å². The van der Waals surface area contributed by atoms with E-state index in [-0.39, 0.29) is 6.09 Å². The smallest absolute Gasteiger partial charge is 0.410 e. The van der Waals surface area contributed by atoms with Gasteiger partial charge >= 0.3 is 6.09 Å². The van der Waals surface area contributed by atoms with E-state index in [2.05, 4.69) is 38.0 Å². The topological polar surface area (TPSA) is 55.3 Å². The number of benzene rings is 1. The molecular weight excluding hydrogens is 382 g/mol. The molecule has 0 N–H and O–H groups in total. The Hall–Kier alpha value is -1.69. The molecule has 2 aromatic rings. The summed E-state index contributed by atoms with van der Waals surface area (Å²) < 4.78 is 6.47. The minimum Gasteiger partial charge on any atom is -0.444 e. The Labute approximate surface area is 156 Å². The van der Waals surface area contributed by atoms with Gasteiger partial charge in [0, 0.05) is 28.6 Å². The minimum atomic E-state index is -0.450. The summed E-state index contributed by atoms with van der Waals surface area (Å²) >= 11 is 3.64. The lowest BCUT2D eigenvalue weighted by Crippen LogP contribution is -2.41. The molecule has 1 aliphatic rings. The van der Waals surface area contributed by atoms with Crippen molar-refractivity contribution in [3.8, 4) is 0 Å². The van der Waals surface area contributed by atoms with Crippen LogP contribution in [0.15, 0.2) is 22.9 Å². The number of amides is 1.